The fraction of sp³-hybridized carbons (Fsp3) is 0.400. The van der Waals surface area contributed by atoms with Crippen molar-refractivity contribution >= 4 is 29.2 Å². The molecule has 0 radical (unpaired) electrons. The third-order valence-electron chi connectivity index (χ3n) is 4.44. The molecule has 28 heavy (non-hydrogen) atoms. The van der Waals surface area contributed by atoms with Crippen molar-refractivity contribution in [3.8, 4) is 10.6 Å². The number of carbonyl (C=O) groups is 3. The fourth-order valence-corrected chi connectivity index (χ4v) is 3.64. The van der Waals surface area contributed by atoms with Crippen LogP contribution in [0.15, 0.2) is 29.6 Å². The number of benzene rings is 1. The molecule has 2 aromatic rings. The van der Waals surface area contributed by atoms with Crippen LogP contribution in [-0.2, 0) is 20.9 Å². The molecule has 0 aliphatic carbocycles. The minimum Gasteiger partial charge on any atom is -0.459 e. The summed E-state index contributed by atoms with van der Waals surface area (Å²) in [7, 11) is 0. The predicted molar refractivity (Wildman–Crippen MR) is 106 cm³/mol. The molecule has 0 atom stereocenters. The summed E-state index contributed by atoms with van der Waals surface area (Å²) in [6.07, 6.45) is 0.492. The molecule has 0 spiro atoms. The van der Waals surface area contributed by atoms with Crippen LogP contribution in [0.1, 0.15) is 37.9 Å². The summed E-state index contributed by atoms with van der Waals surface area (Å²) in [5, 5.41) is 5.37. The third kappa shape index (κ3) is 4.56. The Morgan fingerprint density at radius 1 is 1.25 bits per heavy atom. The summed E-state index contributed by atoms with van der Waals surface area (Å²) in [5.74, 6) is -0.659. The molecule has 0 bridgehead atoms. The van der Waals surface area contributed by atoms with E-state index in [2.05, 4.69) is 10.3 Å². The van der Waals surface area contributed by atoms with E-state index in [1.165, 1.54) is 16.9 Å². The van der Waals surface area contributed by atoms with Gasteiger partial charge >= 0.3 is 12.0 Å². The number of esters is 1. The highest BCUT2D eigenvalue weighted by molar-refractivity contribution is 7.13. The van der Waals surface area contributed by atoms with Gasteiger partial charge in [0.05, 0.1) is 5.69 Å². The van der Waals surface area contributed by atoms with E-state index in [9.17, 15) is 14.4 Å². The Balaban J connectivity index is 1.43. The Kier molecular flexibility index (Phi) is 5.79. The lowest BCUT2D eigenvalue weighted by atomic mass is 10.1. The van der Waals surface area contributed by atoms with Crippen molar-refractivity contribution in [2.24, 2.45) is 0 Å². The molecule has 8 heteroatoms. The number of ether oxygens (including phenoxy) is 1. The molecule has 1 N–H and O–H groups in total. The van der Waals surface area contributed by atoms with Crippen molar-refractivity contribution < 1.29 is 19.1 Å². The van der Waals surface area contributed by atoms with Gasteiger partial charge in [-0.1, -0.05) is 29.8 Å². The van der Waals surface area contributed by atoms with Gasteiger partial charge in [-0.3, -0.25) is 14.5 Å². The zero-order valence-electron chi connectivity index (χ0n) is 16.2. The first-order chi connectivity index (χ1) is 13.3. The van der Waals surface area contributed by atoms with E-state index in [1.54, 1.807) is 13.8 Å². The van der Waals surface area contributed by atoms with Gasteiger partial charge in [-0.2, -0.15) is 0 Å². The van der Waals surface area contributed by atoms with E-state index >= 15 is 0 Å². The van der Waals surface area contributed by atoms with E-state index in [1.807, 2.05) is 36.6 Å². The van der Waals surface area contributed by atoms with Crippen molar-refractivity contribution in [3.05, 3.63) is 40.9 Å². The van der Waals surface area contributed by atoms with Crippen LogP contribution in [0.3, 0.4) is 0 Å². The summed E-state index contributed by atoms with van der Waals surface area (Å²) >= 11 is 1.50. The number of hydrogen-bond donors (Lipinski definition) is 1. The number of imide groups is 1. The van der Waals surface area contributed by atoms with Crippen molar-refractivity contribution in [2.75, 3.05) is 6.54 Å². The lowest BCUT2D eigenvalue weighted by Crippen LogP contribution is -2.40. The molecule has 7 nitrogen and oxygen atoms in total. The van der Waals surface area contributed by atoms with Gasteiger partial charge in [0.25, 0.3) is 5.91 Å². The molecular weight excluding hydrogens is 378 g/mol. The molecule has 1 aliphatic rings. The largest absolute Gasteiger partial charge is 0.459 e. The van der Waals surface area contributed by atoms with Crippen LogP contribution in [0.2, 0.25) is 0 Å². The Hall–Kier alpha value is -2.74. The Morgan fingerprint density at radius 2 is 1.96 bits per heavy atom. The molecule has 1 saturated heterocycles. The Labute approximate surface area is 167 Å². The van der Waals surface area contributed by atoms with Gasteiger partial charge in [-0.25, -0.2) is 9.78 Å². The molecule has 2 heterocycles. The molecule has 1 aliphatic heterocycles. The number of urea groups is 1. The van der Waals surface area contributed by atoms with Gasteiger partial charge in [0.15, 0.2) is 0 Å². The molecule has 3 amide bonds. The molecule has 148 valence electrons. The maximum atomic E-state index is 12.1. The number of hydrogen-bond acceptors (Lipinski definition) is 6. The van der Waals surface area contributed by atoms with Gasteiger partial charge in [0.2, 0.25) is 0 Å². The number of thiazole rings is 1. The van der Waals surface area contributed by atoms with Gasteiger partial charge < -0.3 is 10.1 Å². The lowest BCUT2D eigenvalue weighted by Gasteiger charge is -2.15. The minimum absolute atomic E-state index is 0.108. The first-order valence-corrected chi connectivity index (χ1v) is 9.95. The number of rotatable bonds is 7. The van der Waals surface area contributed by atoms with E-state index in [0.717, 1.165) is 15.5 Å². The molecule has 0 saturated carbocycles. The van der Waals surface area contributed by atoms with Crippen LogP contribution in [0, 0.1) is 6.92 Å². The Bertz CT molecular complexity index is 889. The maximum absolute atomic E-state index is 12.1. The van der Waals surface area contributed by atoms with E-state index in [0.29, 0.717) is 12.1 Å². The quantitative estimate of drug-likeness (QED) is 0.568. The zero-order valence-corrected chi connectivity index (χ0v) is 17.0. The molecule has 0 unspecified atom stereocenters. The third-order valence-corrected chi connectivity index (χ3v) is 5.38. The van der Waals surface area contributed by atoms with Gasteiger partial charge in [-0.15, -0.1) is 11.3 Å². The first-order valence-electron chi connectivity index (χ1n) is 9.07. The summed E-state index contributed by atoms with van der Waals surface area (Å²) in [5.41, 5.74) is 2.03. The fourth-order valence-electron chi connectivity index (χ4n) is 2.83. The number of aromatic nitrogens is 1. The second-order valence-corrected chi connectivity index (χ2v) is 8.14. The molecule has 1 aromatic carbocycles. The number of nitrogens with zero attached hydrogens (tertiary/aromatic N) is 2. The van der Waals surface area contributed by atoms with Crippen molar-refractivity contribution in [1.82, 2.24) is 15.2 Å². The standard InChI is InChI=1S/C20H23N3O4S/c1-13-6-8-14(9-7-13)17-21-15(12-28-17)11-27-16(24)5-4-10-23-18(25)20(2,3)22-19(23)26/h6-9,12H,4-5,10-11H2,1-3H3,(H,22,26). The summed E-state index contributed by atoms with van der Waals surface area (Å²) in [6.45, 7) is 5.64. The zero-order chi connectivity index (χ0) is 20.3. The highest BCUT2D eigenvalue weighted by Crippen LogP contribution is 2.24. The van der Waals surface area contributed by atoms with Crippen molar-refractivity contribution in [2.45, 2.75) is 45.8 Å². The maximum Gasteiger partial charge on any atom is 0.325 e. The monoisotopic (exact) mass is 401 g/mol. The van der Waals surface area contributed by atoms with Crippen LogP contribution >= 0.6 is 11.3 Å². The van der Waals surface area contributed by atoms with Crippen molar-refractivity contribution in [3.63, 3.8) is 0 Å². The van der Waals surface area contributed by atoms with E-state index < -0.39 is 11.6 Å². The highest BCUT2D eigenvalue weighted by atomic mass is 32.1. The number of carbonyl (C=O) groups excluding carboxylic acids is 3. The van der Waals surface area contributed by atoms with Gasteiger partial charge in [0, 0.05) is 23.9 Å². The number of nitrogens with one attached hydrogen (secondary N) is 1. The van der Waals surface area contributed by atoms with Gasteiger partial charge in [0.1, 0.15) is 17.2 Å². The smallest absolute Gasteiger partial charge is 0.325 e. The SMILES string of the molecule is Cc1ccc(-c2nc(COC(=O)CCCN3C(=O)NC(C)(C)C3=O)cs2)cc1. The topological polar surface area (TPSA) is 88.6 Å². The summed E-state index contributed by atoms with van der Waals surface area (Å²) in [6, 6.07) is 7.67. The summed E-state index contributed by atoms with van der Waals surface area (Å²) in [4.78, 5) is 41.5. The molecule has 1 fully saturated rings. The summed E-state index contributed by atoms with van der Waals surface area (Å²) < 4.78 is 5.26. The van der Waals surface area contributed by atoms with E-state index in [-0.39, 0.29) is 31.4 Å². The Morgan fingerprint density at radius 3 is 2.61 bits per heavy atom. The first kappa shape index (κ1) is 20.0. The van der Waals surface area contributed by atoms with Crippen LogP contribution in [0.25, 0.3) is 10.6 Å². The number of aryl methyl sites for hydroxylation is 1. The van der Waals surface area contributed by atoms with Crippen LogP contribution < -0.4 is 5.32 Å². The number of amides is 3. The average molecular weight is 401 g/mol. The van der Waals surface area contributed by atoms with Crippen LogP contribution in [0.5, 0.6) is 0 Å². The van der Waals surface area contributed by atoms with Crippen LogP contribution in [0.4, 0.5) is 4.79 Å². The highest BCUT2D eigenvalue weighted by Gasteiger charge is 2.43. The molecular formula is C20H23N3O4S. The normalized spacial score (nSPS) is 15.6. The van der Waals surface area contributed by atoms with Gasteiger partial charge in [-0.05, 0) is 27.2 Å². The van der Waals surface area contributed by atoms with Crippen molar-refractivity contribution in [1.29, 1.82) is 0 Å². The van der Waals surface area contributed by atoms with Crippen LogP contribution in [-0.4, -0.2) is 39.9 Å². The minimum atomic E-state index is -0.891. The predicted octanol–water partition coefficient (Wildman–Crippen LogP) is 3.27. The molecule has 1 aromatic heterocycles. The second kappa shape index (κ2) is 8.10. The molecule has 3 rings (SSSR count). The average Bonchev–Trinajstić information content (AvgIpc) is 3.18. The lowest BCUT2D eigenvalue weighted by molar-refractivity contribution is -0.145. The second-order valence-electron chi connectivity index (χ2n) is 7.29. The van der Waals surface area contributed by atoms with E-state index in [4.69, 9.17) is 4.74 Å².